The largest absolute Gasteiger partial charge is 0.316 e. The number of nitrogens with zero attached hydrogens (tertiary/aromatic N) is 2. The van der Waals surface area contributed by atoms with E-state index < -0.39 is 0 Å². The van der Waals surface area contributed by atoms with Crippen LogP contribution in [0.15, 0.2) is 52.3 Å². The third-order valence-corrected chi connectivity index (χ3v) is 6.08. The fourth-order valence-electron chi connectivity index (χ4n) is 3.30. The van der Waals surface area contributed by atoms with Gasteiger partial charge in [-0.15, -0.1) is 0 Å². The number of carbonyl (C=O) groups is 1. The quantitative estimate of drug-likeness (QED) is 0.820. The average Bonchev–Trinajstić information content (AvgIpc) is 2.65. The predicted molar refractivity (Wildman–Crippen MR) is 114 cm³/mol. The van der Waals surface area contributed by atoms with E-state index in [2.05, 4.69) is 73.5 Å². The lowest BCUT2D eigenvalue weighted by Gasteiger charge is -2.36. The maximum absolute atomic E-state index is 12.7. The first-order valence-electron chi connectivity index (χ1n) is 9.54. The van der Waals surface area contributed by atoms with Gasteiger partial charge in [-0.2, -0.15) is 0 Å². The molecule has 0 atom stereocenters. The van der Waals surface area contributed by atoms with Crippen molar-refractivity contribution in [2.24, 2.45) is 0 Å². The Labute approximate surface area is 166 Å². The number of aryl methyl sites for hydroxylation is 1. The Morgan fingerprint density at radius 1 is 1.11 bits per heavy atom. The molecule has 0 spiro atoms. The van der Waals surface area contributed by atoms with E-state index in [9.17, 15) is 4.79 Å². The minimum atomic E-state index is 0.185. The van der Waals surface area contributed by atoms with Gasteiger partial charge in [0, 0.05) is 41.2 Å². The molecular weight excluding hydrogens is 354 g/mol. The summed E-state index contributed by atoms with van der Waals surface area (Å²) in [7, 11) is 1.96. The zero-order chi connectivity index (χ0) is 19.4. The summed E-state index contributed by atoms with van der Waals surface area (Å²) < 4.78 is 0. The molecule has 5 heteroatoms. The van der Waals surface area contributed by atoms with E-state index in [-0.39, 0.29) is 5.91 Å². The fraction of sp³-hybridized carbons (Fsp3) is 0.409. The van der Waals surface area contributed by atoms with Crippen LogP contribution in [0.25, 0.3) is 0 Å². The second kappa shape index (κ2) is 8.91. The van der Waals surface area contributed by atoms with E-state index in [4.69, 9.17) is 0 Å². The van der Waals surface area contributed by atoms with Crippen molar-refractivity contribution in [2.75, 3.05) is 31.6 Å². The van der Waals surface area contributed by atoms with Gasteiger partial charge in [0.05, 0.1) is 6.54 Å². The summed E-state index contributed by atoms with van der Waals surface area (Å²) in [5, 5.41) is 3.26. The molecule has 1 aliphatic rings. The molecule has 0 aliphatic carbocycles. The zero-order valence-corrected chi connectivity index (χ0v) is 17.5. The van der Waals surface area contributed by atoms with Crippen LogP contribution in [0.3, 0.4) is 0 Å². The normalized spacial score (nSPS) is 15.6. The van der Waals surface area contributed by atoms with Gasteiger partial charge in [-0.3, -0.25) is 9.69 Å². The molecule has 2 aromatic carbocycles. The van der Waals surface area contributed by atoms with Crippen LogP contribution < -0.4 is 10.2 Å². The number of piperazine rings is 1. The smallest absolute Gasteiger partial charge is 0.241 e. The summed E-state index contributed by atoms with van der Waals surface area (Å²) >= 11 is 1.77. The van der Waals surface area contributed by atoms with Gasteiger partial charge in [-0.05, 0) is 63.7 Å². The van der Waals surface area contributed by atoms with Gasteiger partial charge >= 0.3 is 0 Å². The molecule has 2 aromatic rings. The highest BCUT2D eigenvalue weighted by Crippen LogP contribution is 2.33. The maximum atomic E-state index is 12.7. The second-order valence-corrected chi connectivity index (χ2v) is 8.46. The molecule has 0 unspecified atom stereocenters. The number of carbonyl (C=O) groups excluding carboxylic acids is 1. The molecule has 144 valence electrons. The van der Waals surface area contributed by atoms with Crippen LogP contribution in [0, 0.1) is 6.92 Å². The fourth-order valence-corrected chi connectivity index (χ4v) is 4.22. The van der Waals surface area contributed by atoms with Crippen LogP contribution >= 0.6 is 11.8 Å². The predicted octanol–water partition coefficient (Wildman–Crippen LogP) is 3.92. The van der Waals surface area contributed by atoms with Crippen molar-refractivity contribution in [3.63, 3.8) is 0 Å². The number of anilines is 1. The standard InChI is InChI=1S/C22H29N3OS/c1-16(2)24-11-12-25(22(26)15-24)19-7-10-21(18(13-19)14-23-4)27-20-8-5-17(3)6-9-20/h5-10,13,16,23H,11-12,14-15H2,1-4H3. The number of hydrogen-bond acceptors (Lipinski definition) is 4. The van der Waals surface area contributed by atoms with Crippen molar-refractivity contribution >= 4 is 23.4 Å². The number of rotatable bonds is 6. The Balaban J connectivity index is 1.81. The van der Waals surface area contributed by atoms with E-state index in [1.807, 2.05) is 11.9 Å². The van der Waals surface area contributed by atoms with Crippen LogP contribution in [0.1, 0.15) is 25.0 Å². The molecule has 1 fully saturated rings. The molecule has 0 bridgehead atoms. The highest BCUT2D eigenvalue weighted by molar-refractivity contribution is 7.99. The number of amides is 1. The van der Waals surface area contributed by atoms with E-state index in [1.54, 1.807) is 11.8 Å². The van der Waals surface area contributed by atoms with Gasteiger partial charge in [-0.25, -0.2) is 0 Å². The van der Waals surface area contributed by atoms with Crippen molar-refractivity contribution in [2.45, 2.75) is 43.1 Å². The molecule has 0 saturated carbocycles. The number of hydrogen-bond donors (Lipinski definition) is 1. The van der Waals surface area contributed by atoms with Gasteiger partial charge in [0.1, 0.15) is 0 Å². The molecule has 1 aliphatic heterocycles. The summed E-state index contributed by atoms with van der Waals surface area (Å²) in [6, 6.07) is 15.4. The average molecular weight is 384 g/mol. The lowest BCUT2D eigenvalue weighted by atomic mass is 10.1. The third kappa shape index (κ3) is 4.92. The number of benzene rings is 2. The molecule has 27 heavy (non-hydrogen) atoms. The Kier molecular flexibility index (Phi) is 6.58. The lowest BCUT2D eigenvalue weighted by Crippen LogP contribution is -2.52. The highest BCUT2D eigenvalue weighted by atomic mass is 32.2. The van der Waals surface area contributed by atoms with E-state index in [0.29, 0.717) is 12.6 Å². The first kappa shape index (κ1) is 19.9. The maximum Gasteiger partial charge on any atom is 0.241 e. The van der Waals surface area contributed by atoms with Crippen molar-refractivity contribution in [3.05, 3.63) is 53.6 Å². The van der Waals surface area contributed by atoms with Crippen molar-refractivity contribution in [1.29, 1.82) is 0 Å². The van der Waals surface area contributed by atoms with Gasteiger partial charge in [0.25, 0.3) is 0 Å². The minimum Gasteiger partial charge on any atom is -0.316 e. The van der Waals surface area contributed by atoms with Gasteiger partial charge in [0.15, 0.2) is 0 Å². The molecule has 4 nitrogen and oxygen atoms in total. The van der Waals surface area contributed by atoms with Gasteiger partial charge in [0.2, 0.25) is 5.91 Å². The molecule has 0 aromatic heterocycles. The molecule has 3 rings (SSSR count). The lowest BCUT2D eigenvalue weighted by molar-refractivity contribution is -0.121. The van der Waals surface area contributed by atoms with Crippen LogP contribution in [0.4, 0.5) is 5.69 Å². The monoisotopic (exact) mass is 383 g/mol. The van der Waals surface area contributed by atoms with E-state index in [0.717, 1.165) is 25.3 Å². The Bertz CT molecular complexity index is 789. The summed E-state index contributed by atoms with van der Waals surface area (Å²) in [6.07, 6.45) is 0. The molecule has 1 heterocycles. The van der Waals surface area contributed by atoms with Crippen molar-refractivity contribution in [1.82, 2.24) is 10.2 Å². The molecule has 1 N–H and O–H groups in total. The van der Waals surface area contributed by atoms with Crippen LogP contribution in [-0.4, -0.2) is 43.5 Å². The van der Waals surface area contributed by atoms with Crippen LogP contribution in [-0.2, 0) is 11.3 Å². The zero-order valence-electron chi connectivity index (χ0n) is 16.7. The Morgan fingerprint density at radius 2 is 1.85 bits per heavy atom. The van der Waals surface area contributed by atoms with E-state index >= 15 is 0 Å². The van der Waals surface area contributed by atoms with Crippen LogP contribution in [0.5, 0.6) is 0 Å². The van der Waals surface area contributed by atoms with Crippen molar-refractivity contribution < 1.29 is 4.79 Å². The number of nitrogens with one attached hydrogen (secondary N) is 1. The van der Waals surface area contributed by atoms with Crippen LogP contribution in [0.2, 0.25) is 0 Å². The van der Waals surface area contributed by atoms with Gasteiger partial charge < -0.3 is 10.2 Å². The van der Waals surface area contributed by atoms with E-state index in [1.165, 1.54) is 20.9 Å². The summed E-state index contributed by atoms with van der Waals surface area (Å²) in [4.78, 5) is 19.3. The summed E-state index contributed by atoms with van der Waals surface area (Å²) in [6.45, 7) is 9.34. The molecular formula is C22H29N3OS. The first-order valence-corrected chi connectivity index (χ1v) is 10.4. The Hall–Kier alpha value is -1.82. The second-order valence-electron chi connectivity index (χ2n) is 7.35. The SMILES string of the molecule is CNCc1cc(N2CCN(C(C)C)CC2=O)ccc1Sc1ccc(C)cc1. The van der Waals surface area contributed by atoms with Crippen molar-refractivity contribution in [3.8, 4) is 0 Å². The molecule has 1 saturated heterocycles. The first-order chi connectivity index (χ1) is 13.0. The topological polar surface area (TPSA) is 35.6 Å². The summed E-state index contributed by atoms with van der Waals surface area (Å²) in [5.74, 6) is 0.185. The summed E-state index contributed by atoms with van der Waals surface area (Å²) in [5.41, 5.74) is 3.49. The van der Waals surface area contributed by atoms with Gasteiger partial charge in [-0.1, -0.05) is 29.5 Å². The highest BCUT2D eigenvalue weighted by Gasteiger charge is 2.26. The Morgan fingerprint density at radius 3 is 2.48 bits per heavy atom. The molecule has 1 amide bonds. The third-order valence-electron chi connectivity index (χ3n) is 4.95. The molecule has 0 radical (unpaired) electrons. The minimum absolute atomic E-state index is 0.185.